The number of amides is 1. The number of ether oxygens (including phenoxy) is 1. The number of carbonyl (C=O) groups excluding carboxylic acids is 1. The van der Waals surface area contributed by atoms with Gasteiger partial charge in [0.1, 0.15) is 5.75 Å². The zero-order valence-corrected chi connectivity index (χ0v) is 15.2. The van der Waals surface area contributed by atoms with Crippen LogP contribution in [0.25, 0.3) is 0 Å². The number of hydrogen-bond donors (Lipinski definition) is 1. The second-order valence-electron chi connectivity index (χ2n) is 6.07. The minimum absolute atomic E-state index is 0.0105. The van der Waals surface area contributed by atoms with Crippen LogP contribution in [0.1, 0.15) is 54.6 Å². The molecule has 1 N–H and O–H groups in total. The first-order valence-electron chi connectivity index (χ1n) is 7.81. The summed E-state index contributed by atoms with van der Waals surface area (Å²) in [5, 5.41) is 5.89. The van der Waals surface area contributed by atoms with Gasteiger partial charge in [-0.3, -0.25) is 4.79 Å². The van der Waals surface area contributed by atoms with E-state index in [0.717, 1.165) is 27.6 Å². The highest BCUT2D eigenvalue weighted by molar-refractivity contribution is 7.09. The Kier molecular flexibility index (Phi) is 5.77. The SMILES string of the molecule is Cc1ccc(C(C)C)c(OCC(=O)NC(C)c2csc(C)n2)c1. The Morgan fingerprint density at radius 2 is 2.04 bits per heavy atom. The van der Waals surface area contributed by atoms with E-state index in [1.165, 1.54) is 0 Å². The Labute approximate surface area is 141 Å². The molecule has 0 aliphatic carbocycles. The molecule has 0 saturated heterocycles. The molecule has 0 spiro atoms. The lowest BCUT2D eigenvalue weighted by atomic mass is 10.0. The quantitative estimate of drug-likeness (QED) is 0.865. The number of thiazole rings is 1. The summed E-state index contributed by atoms with van der Waals surface area (Å²) in [6, 6.07) is 6.00. The smallest absolute Gasteiger partial charge is 0.258 e. The molecule has 5 heteroatoms. The van der Waals surface area contributed by atoms with E-state index in [0.29, 0.717) is 5.92 Å². The molecule has 1 aromatic carbocycles. The number of aromatic nitrogens is 1. The second kappa shape index (κ2) is 7.59. The van der Waals surface area contributed by atoms with Gasteiger partial charge in [0.05, 0.1) is 16.7 Å². The van der Waals surface area contributed by atoms with Crippen LogP contribution in [0.3, 0.4) is 0 Å². The van der Waals surface area contributed by atoms with Crippen molar-refractivity contribution in [2.45, 2.75) is 46.6 Å². The van der Waals surface area contributed by atoms with Crippen LogP contribution >= 0.6 is 11.3 Å². The van der Waals surface area contributed by atoms with Crippen LogP contribution in [0.2, 0.25) is 0 Å². The maximum Gasteiger partial charge on any atom is 0.258 e. The van der Waals surface area contributed by atoms with Gasteiger partial charge in [0.25, 0.3) is 5.91 Å². The van der Waals surface area contributed by atoms with Crippen molar-refractivity contribution < 1.29 is 9.53 Å². The van der Waals surface area contributed by atoms with Gasteiger partial charge < -0.3 is 10.1 Å². The first-order valence-corrected chi connectivity index (χ1v) is 8.69. The highest BCUT2D eigenvalue weighted by Crippen LogP contribution is 2.27. The van der Waals surface area contributed by atoms with Gasteiger partial charge in [-0.1, -0.05) is 26.0 Å². The van der Waals surface area contributed by atoms with Crippen LogP contribution in [-0.4, -0.2) is 17.5 Å². The monoisotopic (exact) mass is 332 g/mol. The Morgan fingerprint density at radius 3 is 2.65 bits per heavy atom. The van der Waals surface area contributed by atoms with E-state index in [2.05, 4.69) is 36.3 Å². The molecular formula is C18H24N2O2S. The lowest BCUT2D eigenvalue weighted by molar-refractivity contribution is -0.123. The van der Waals surface area contributed by atoms with E-state index in [4.69, 9.17) is 4.74 Å². The van der Waals surface area contributed by atoms with Gasteiger partial charge in [0.15, 0.2) is 6.61 Å². The van der Waals surface area contributed by atoms with Crippen LogP contribution in [0.15, 0.2) is 23.6 Å². The number of nitrogens with zero attached hydrogens (tertiary/aromatic N) is 1. The molecule has 0 bridgehead atoms. The third-order valence-corrected chi connectivity index (χ3v) is 4.40. The first-order chi connectivity index (χ1) is 10.9. The van der Waals surface area contributed by atoms with Crippen molar-refractivity contribution in [2.75, 3.05) is 6.61 Å². The average Bonchev–Trinajstić information content (AvgIpc) is 2.91. The molecule has 0 aliphatic heterocycles. The molecule has 124 valence electrons. The number of hydrogen-bond acceptors (Lipinski definition) is 4. The molecular weight excluding hydrogens is 308 g/mol. The Bertz CT molecular complexity index is 679. The van der Waals surface area contributed by atoms with E-state index in [-0.39, 0.29) is 18.6 Å². The van der Waals surface area contributed by atoms with Gasteiger partial charge in [0, 0.05) is 5.38 Å². The maximum atomic E-state index is 12.1. The van der Waals surface area contributed by atoms with Crippen molar-refractivity contribution in [2.24, 2.45) is 0 Å². The maximum absolute atomic E-state index is 12.1. The molecule has 1 atom stereocenters. The molecule has 0 saturated carbocycles. The van der Waals surface area contributed by atoms with E-state index >= 15 is 0 Å². The van der Waals surface area contributed by atoms with E-state index in [1.807, 2.05) is 32.2 Å². The fraction of sp³-hybridized carbons (Fsp3) is 0.444. The van der Waals surface area contributed by atoms with Gasteiger partial charge in [-0.05, 0) is 43.9 Å². The highest BCUT2D eigenvalue weighted by atomic mass is 32.1. The summed E-state index contributed by atoms with van der Waals surface area (Å²) in [6.45, 7) is 10.1. The van der Waals surface area contributed by atoms with Crippen LogP contribution in [0, 0.1) is 13.8 Å². The average molecular weight is 332 g/mol. The molecule has 2 rings (SSSR count). The molecule has 1 amide bonds. The van der Waals surface area contributed by atoms with E-state index in [9.17, 15) is 4.79 Å². The lowest BCUT2D eigenvalue weighted by Gasteiger charge is -2.16. The van der Waals surface area contributed by atoms with Crippen molar-refractivity contribution in [3.63, 3.8) is 0 Å². The molecule has 0 fully saturated rings. The second-order valence-corrected chi connectivity index (χ2v) is 7.13. The molecule has 1 unspecified atom stereocenters. The number of rotatable bonds is 6. The van der Waals surface area contributed by atoms with Crippen molar-refractivity contribution in [1.29, 1.82) is 0 Å². The summed E-state index contributed by atoms with van der Waals surface area (Å²) < 4.78 is 5.75. The summed E-state index contributed by atoms with van der Waals surface area (Å²) in [5.74, 6) is 0.997. The fourth-order valence-corrected chi connectivity index (χ4v) is 3.03. The number of nitrogens with one attached hydrogen (secondary N) is 1. The van der Waals surface area contributed by atoms with E-state index < -0.39 is 0 Å². The summed E-state index contributed by atoms with van der Waals surface area (Å²) in [4.78, 5) is 16.5. The largest absolute Gasteiger partial charge is 0.483 e. The Hall–Kier alpha value is -1.88. The molecule has 0 aliphatic rings. The van der Waals surface area contributed by atoms with Gasteiger partial charge in [-0.15, -0.1) is 11.3 Å². The van der Waals surface area contributed by atoms with Gasteiger partial charge in [0.2, 0.25) is 0 Å². The minimum Gasteiger partial charge on any atom is -0.483 e. The van der Waals surface area contributed by atoms with Gasteiger partial charge >= 0.3 is 0 Å². The summed E-state index contributed by atoms with van der Waals surface area (Å²) >= 11 is 1.58. The first kappa shape index (κ1) is 17.5. The van der Waals surface area contributed by atoms with Crippen molar-refractivity contribution in [3.8, 4) is 5.75 Å². The molecule has 1 aromatic heterocycles. The third kappa shape index (κ3) is 4.79. The zero-order valence-electron chi connectivity index (χ0n) is 14.3. The standard InChI is InChI=1S/C18H24N2O2S/c1-11(2)15-7-6-12(3)8-17(15)22-9-18(21)19-13(4)16-10-23-14(5)20-16/h6-8,10-11,13H,9H2,1-5H3,(H,19,21). The van der Waals surface area contributed by atoms with Crippen molar-refractivity contribution >= 4 is 17.2 Å². The molecule has 23 heavy (non-hydrogen) atoms. The predicted octanol–water partition coefficient (Wildman–Crippen LogP) is 4.14. The van der Waals surface area contributed by atoms with Crippen LogP contribution in [0.5, 0.6) is 5.75 Å². The highest BCUT2D eigenvalue weighted by Gasteiger charge is 2.14. The summed E-state index contributed by atoms with van der Waals surface area (Å²) in [6.07, 6.45) is 0. The third-order valence-electron chi connectivity index (χ3n) is 3.61. The van der Waals surface area contributed by atoms with E-state index in [1.54, 1.807) is 11.3 Å². The van der Waals surface area contributed by atoms with Crippen LogP contribution in [-0.2, 0) is 4.79 Å². The van der Waals surface area contributed by atoms with Crippen LogP contribution < -0.4 is 10.1 Å². The number of benzene rings is 1. The normalized spacial score (nSPS) is 12.3. The Balaban J connectivity index is 1.95. The van der Waals surface area contributed by atoms with Gasteiger partial charge in [-0.2, -0.15) is 0 Å². The molecule has 4 nitrogen and oxygen atoms in total. The zero-order chi connectivity index (χ0) is 17.0. The van der Waals surface area contributed by atoms with Crippen molar-refractivity contribution in [3.05, 3.63) is 45.4 Å². The van der Waals surface area contributed by atoms with Crippen LogP contribution in [0.4, 0.5) is 0 Å². The van der Waals surface area contributed by atoms with Crippen molar-refractivity contribution in [1.82, 2.24) is 10.3 Å². The molecule has 2 aromatic rings. The topological polar surface area (TPSA) is 51.2 Å². The fourth-order valence-electron chi connectivity index (χ4n) is 2.32. The number of aryl methyl sites for hydroxylation is 2. The van der Waals surface area contributed by atoms with Gasteiger partial charge in [-0.25, -0.2) is 4.98 Å². The number of carbonyl (C=O) groups is 1. The predicted molar refractivity (Wildman–Crippen MR) is 94.2 cm³/mol. The minimum atomic E-state index is -0.139. The Morgan fingerprint density at radius 1 is 1.30 bits per heavy atom. The molecule has 0 radical (unpaired) electrons. The summed E-state index contributed by atoms with van der Waals surface area (Å²) in [5.41, 5.74) is 3.13. The summed E-state index contributed by atoms with van der Waals surface area (Å²) in [7, 11) is 0. The molecule has 1 heterocycles. The lowest BCUT2D eigenvalue weighted by Crippen LogP contribution is -2.31.